The van der Waals surface area contributed by atoms with Gasteiger partial charge in [-0.1, -0.05) is 23.7 Å². The first-order valence-corrected chi connectivity index (χ1v) is 8.55. The standard InChI is InChI=1S/C17H18ClN9/c18-15-8-21-17(20,26-16(15)25-14-6-22-23-7-14)12-5-24-27(10-12)9-11-1-3-13(19)4-2-11/h1-8,10,21H,9,19-20H2,(H,22,23)(H,25,26). The van der Waals surface area contributed by atoms with Crippen LogP contribution in [0.1, 0.15) is 11.1 Å². The number of nitrogens with two attached hydrogens (primary N) is 2. The van der Waals surface area contributed by atoms with E-state index in [1.165, 1.54) is 0 Å². The highest BCUT2D eigenvalue weighted by Crippen LogP contribution is 2.24. The fraction of sp³-hybridized carbons (Fsp3) is 0.118. The molecule has 0 saturated carbocycles. The first kappa shape index (κ1) is 17.1. The van der Waals surface area contributed by atoms with Crippen LogP contribution < -0.4 is 22.1 Å². The summed E-state index contributed by atoms with van der Waals surface area (Å²) in [7, 11) is 0. The molecule has 0 bridgehead atoms. The lowest BCUT2D eigenvalue weighted by Crippen LogP contribution is -2.49. The van der Waals surface area contributed by atoms with Crippen molar-refractivity contribution in [2.75, 3.05) is 11.1 Å². The highest BCUT2D eigenvalue weighted by Gasteiger charge is 2.31. The highest BCUT2D eigenvalue weighted by molar-refractivity contribution is 6.45. The summed E-state index contributed by atoms with van der Waals surface area (Å²) >= 11 is 6.23. The second-order valence-corrected chi connectivity index (χ2v) is 6.55. The van der Waals surface area contributed by atoms with Crippen LogP contribution in [0.15, 0.2) is 65.3 Å². The van der Waals surface area contributed by atoms with E-state index >= 15 is 0 Å². The van der Waals surface area contributed by atoms with Gasteiger partial charge < -0.3 is 16.4 Å². The molecule has 0 amide bonds. The number of rotatable bonds is 4. The Labute approximate surface area is 160 Å². The number of nitrogens with one attached hydrogen (secondary N) is 3. The molecular formula is C17H18ClN9. The molecule has 7 N–H and O–H groups in total. The van der Waals surface area contributed by atoms with E-state index in [9.17, 15) is 0 Å². The molecule has 1 aliphatic rings. The van der Waals surface area contributed by atoms with Gasteiger partial charge in [0, 0.05) is 24.3 Å². The highest BCUT2D eigenvalue weighted by atomic mass is 35.5. The normalized spacial score (nSPS) is 19.2. The van der Waals surface area contributed by atoms with Gasteiger partial charge in [0.2, 0.25) is 5.79 Å². The Morgan fingerprint density at radius 1 is 1.22 bits per heavy atom. The summed E-state index contributed by atoms with van der Waals surface area (Å²) in [6, 6.07) is 7.64. The fourth-order valence-corrected chi connectivity index (χ4v) is 2.80. The van der Waals surface area contributed by atoms with Crippen LogP contribution in [-0.4, -0.2) is 25.8 Å². The molecule has 0 radical (unpaired) electrons. The maximum Gasteiger partial charge on any atom is 0.214 e. The number of H-pyrrole nitrogens is 1. The van der Waals surface area contributed by atoms with Gasteiger partial charge in [0.1, 0.15) is 5.84 Å². The summed E-state index contributed by atoms with van der Waals surface area (Å²) < 4.78 is 1.79. The molecule has 2 aromatic heterocycles. The van der Waals surface area contributed by atoms with Gasteiger partial charge in [0.15, 0.2) is 0 Å². The predicted octanol–water partition coefficient (Wildman–Crippen LogP) is 1.50. The van der Waals surface area contributed by atoms with Crippen molar-refractivity contribution in [1.29, 1.82) is 0 Å². The average Bonchev–Trinajstić information content (AvgIpc) is 3.33. The van der Waals surface area contributed by atoms with Crippen LogP contribution in [-0.2, 0) is 12.3 Å². The number of benzene rings is 1. The zero-order valence-electron chi connectivity index (χ0n) is 14.2. The summed E-state index contributed by atoms with van der Waals surface area (Å²) in [4.78, 5) is 4.53. The molecule has 27 heavy (non-hydrogen) atoms. The third-order valence-electron chi connectivity index (χ3n) is 4.09. The van der Waals surface area contributed by atoms with Crippen molar-refractivity contribution in [3.8, 4) is 0 Å². The van der Waals surface area contributed by atoms with Crippen LogP contribution in [0.4, 0.5) is 11.4 Å². The Morgan fingerprint density at radius 3 is 2.78 bits per heavy atom. The van der Waals surface area contributed by atoms with E-state index in [1.54, 1.807) is 29.5 Å². The topological polar surface area (TPSA) is 135 Å². The summed E-state index contributed by atoms with van der Waals surface area (Å²) in [6.07, 6.45) is 8.44. The van der Waals surface area contributed by atoms with Gasteiger partial charge in [0.25, 0.3) is 0 Å². The van der Waals surface area contributed by atoms with Crippen LogP contribution in [0.2, 0.25) is 0 Å². The van der Waals surface area contributed by atoms with Crippen molar-refractivity contribution < 1.29 is 0 Å². The minimum atomic E-state index is -1.19. The van der Waals surface area contributed by atoms with Gasteiger partial charge in [-0.2, -0.15) is 10.2 Å². The second-order valence-electron chi connectivity index (χ2n) is 6.14. The first-order chi connectivity index (χ1) is 13.0. The summed E-state index contributed by atoms with van der Waals surface area (Å²) in [5, 5.41) is 17.5. The molecular weight excluding hydrogens is 366 g/mol. The number of anilines is 2. The smallest absolute Gasteiger partial charge is 0.214 e. The zero-order chi connectivity index (χ0) is 18.9. The van der Waals surface area contributed by atoms with Crippen LogP contribution in [0.5, 0.6) is 0 Å². The molecule has 10 heteroatoms. The number of aromatic amines is 1. The Morgan fingerprint density at radius 2 is 2.04 bits per heavy atom. The Balaban J connectivity index is 1.56. The predicted molar refractivity (Wildman–Crippen MR) is 105 cm³/mol. The molecule has 9 nitrogen and oxygen atoms in total. The second kappa shape index (κ2) is 6.78. The van der Waals surface area contributed by atoms with E-state index in [0.717, 1.165) is 16.9 Å². The lowest BCUT2D eigenvalue weighted by Gasteiger charge is -2.29. The van der Waals surface area contributed by atoms with E-state index in [4.69, 9.17) is 23.1 Å². The number of amidine groups is 1. The molecule has 0 aliphatic carbocycles. The van der Waals surface area contributed by atoms with Crippen molar-refractivity contribution in [2.24, 2.45) is 10.7 Å². The molecule has 1 aliphatic heterocycles. The Hall–Kier alpha value is -3.30. The van der Waals surface area contributed by atoms with Crippen molar-refractivity contribution >= 4 is 28.8 Å². The number of hydrogen-bond acceptors (Lipinski definition) is 7. The van der Waals surface area contributed by atoms with E-state index in [2.05, 4.69) is 30.9 Å². The van der Waals surface area contributed by atoms with Crippen LogP contribution >= 0.6 is 11.6 Å². The Kier molecular flexibility index (Phi) is 4.30. The first-order valence-electron chi connectivity index (χ1n) is 8.17. The number of halogens is 1. The number of nitrogens with zero attached hydrogens (tertiary/aromatic N) is 4. The SMILES string of the molecule is Nc1ccc(Cn2cc(C3(N)N=C(Nc4cn[nH]c4)C(Cl)=CN3)cn2)cc1. The van der Waals surface area contributed by atoms with Crippen LogP contribution in [0, 0.1) is 0 Å². The number of aromatic nitrogens is 4. The number of nitrogen functional groups attached to an aromatic ring is 1. The third kappa shape index (κ3) is 3.64. The molecule has 4 rings (SSSR count). The number of hydrogen-bond donors (Lipinski definition) is 5. The maximum atomic E-state index is 6.45. The molecule has 1 atom stereocenters. The molecule has 1 unspecified atom stereocenters. The Bertz CT molecular complexity index is 988. The van der Waals surface area contributed by atoms with E-state index in [-0.39, 0.29) is 0 Å². The van der Waals surface area contributed by atoms with Gasteiger partial charge in [-0.05, 0) is 17.7 Å². The average molecular weight is 384 g/mol. The minimum Gasteiger partial charge on any atom is -0.399 e. The lowest BCUT2D eigenvalue weighted by atomic mass is 10.1. The van der Waals surface area contributed by atoms with Crippen molar-refractivity contribution in [2.45, 2.75) is 12.3 Å². The number of aliphatic imine (C=N–C) groups is 1. The monoisotopic (exact) mass is 383 g/mol. The molecule has 0 saturated heterocycles. The quantitative estimate of drug-likeness (QED) is 0.433. The summed E-state index contributed by atoms with van der Waals surface area (Å²) in [6.45, 7) is 0.594. The van der Waals surface area contributed by atoms with Gasteiger partial charge in [0.05, 0.1) is 35.2 Å². The molecule has 3 heterocycles. The van der Waals surface area contributed by atoms with E-state index in [0.29, 0.717) is 23.0 Å². The molecule has 0 fully saturated rings. The summed E-state index contributed by atoms with van der Waals surface area (Å²) in [5.74, 6) is -0.755. The van der Waals surface area contributed by atoms with Crippen molar-refractivity contribution in [1.82, 2.24) is 25.3 Å². The zero-order valence-corrected chi connectivity index (χ0v) is 15.0. The van der Waals surface area contributed by atoms with Gasteiger partial charge in [-0.3, -0.25) is 15.5 Å². The van der Waals surface area contributed by atoms with Gasteiger partial charge >= 0.3 is 0 Å². The lowest BCUT2D eigenvalue weighted by molar-refractivity contribution is 0.409. The van der Waals surface area contributed by atoms with Gasteiger partial charge in [-0.15, -0.1) is 0 Å². The molecule has 1 aromatic carbocycles. The van der Waals surface area contributed by atoms with Crippen molar-refractivity contribution in [3.05, 3.63) is 71.4 Å². The van der Waals surface area contributed by atoms with E-state index in [1.807, 2.05) is 30.5 Å². The molecule has 0 spiro atoms. The third-order valence-corrected chi connectivity index (χ3v) is 4.38. The largest absolute Gasteiger partial charge is 0.399 e. The molecule has 138 valence electrons. The molecule has 3 aromatic rings. The van der Waals surface area contributed by atoms with Crippen LogP contribution in [0.25, 0.3) is 0 Å². The van der Waals surface area contributed by atoms with Gasteiger partial charge in [-0.25, -0.2) is 4.99 Å². The minimum absolute atomic E-state index is 0.409. The van der Waals surface area contributed by atoms with E-state index < -0.39 is 5.79 Å². The van der Waals surface area contributed by atoms with Crippen molar-refractivity contribution in [3.63, 3.8) is 0 Å². The maximum absolute atomic E-state index is 6.45. The fourth-order valence-electron chi connectivity index (χ4n) is 2.65. The van der Waals surface area contributed by atoms with Crippen LogP contribution in [0.3, 0.4) is 0 Å². The summed E-state index contributed by atoms with van der Waals surface area (Å²) in [5.41, 5.74) is 15.4.